The van der Waals surface area contributed by atoms with Crippen molar-refractivity contribution in [2.75, 3.05) is 12.4 Å². The molecule has 0 aromatic heterocycles. The lowest BCUT2D eigenvalue weighted by Gasteiger charge is -2.21. The predicted octanol–water partition coefficient (Wildman–Crippen LogP) is 5.55. The van der Waals surface area contributed by atoms with Crippen molar-refractivity contribution in [3.63, 3.8) is 0 Å². The molecule has 0 spiro atoms. The Morgan fingerprint density at radius 1 is 0.852 bits per heavy atom. The van der Waals surface area contributed by atoms with Crippen molar-refractivity contribution >= 4 is 23.4 Å². The molecule has 0 radical (unpaired) electrons. The molecule has 0 aliphatic heterocycles. The number of hydrogen-bond acceptors (Lipinski definition) is 3. The highest BCUT2D eigenvalue weighted by Crippen LogP contribution is 2.38. The zero-order valence-electron chi connectivity index (χ0n) is 15.5. The third kappa shape index (κ3) is 5.14. The van der Waals surface area contributed by atoms with E-state index >= 15 is 0 Å². The van der Waals surface area contributed by atoms with Gasteiger partial charge in [0, 0.05) is 5.69 Å². The summed E-state index contributed by atoms with van der Waals surface area (Å²) in [4.78, 5) is 12.7. The molecule has 0 fully saturated rings. The van der Waals surface area contributed by atoms with E-state index in [1.165, 1.54) is 11.1 Å². The first kappa shape index (κ1) is 19.1. The molecule has 0 heterocycles. The quantitative estimate of drug-likeness (QED) is 0.587. The van der Waals surface area contributed by atoms with Gasteiger partial charge in [-0.15, -0.1) is 11.8 Å². The number of benzene rings is 3. The minimum Gasteiger partial charge on any atom is -0.497 e. The average molecular weight is 378 g/mol. The van der Waals surface area contributed by atoms with E-state index < -0.39 is 0 Å². The van der Waals surface area contributed by atoms with Crippen LogP contribution in [-0.4, -0.2) is 18.3 Å². The normalized spacial score (nSPS) is 11.8. The first-order valence-electron chi connectivity index (χ1n) is 8.87. The van der Waals surface area contributed by atoms with Crippen molar-refractivity contribution in [3.05, 3.63) is 96.1 Å². The van der Waals surface area contributed by atoms with Gasteiger partial charge in [0.25, 0.3) is 0 Å². The van der Waals surface area contributed by atoms with Crippen molar-refractivity contribution < 1.29 is 9.53 Å². The van der Waals surface area contributed by atoms with Gasteiger partial charge in [-0.2, -0.15) is 0 Å². The maximum absolute atomic E-state index is 12.7. The lowest BCUT2D eigenvalue weighted by atomic mass is 10.0. The standard InChI is InChI=1S/C23H23NO2S/c1-17(23(25)24-20-13-15-21(26-2)16-14-20)27-22(18-9-5-3-6-10-18)19-11-7-4-8-12-19/h3-17,22H,1-2H3,(H,24,25). The first-order chi connectivity index (χ1) is 13.2. The molecule has 3 aromatic rings. The topological polar surface area (TPSA) is 38.3 Å². The van der Waals surface area contributed by atoms with Crippen LogP contribution in [0.1, 0.15) is 23.3 Å². The van der Waals surface area contributed by atoms with Crippen molar-refractivity contribution in [2.45, 2.75) is 17.4 Å². The maximum atomic E-state index is 12.7. The van der Waals surface area contributed by atoms with Gasteiger partial charge >= 0.3 is 0 Å². The van der Waals surface area contributed by atoms with E-state index in [9.17, 15) is 4.79 Å². The van der Waals surface area contributed by atoms with Gasteiger partial charge in [0.2, 0.25) is 5.91 Å². The molecule has 1 amide bonds. The molecule has 0 aliphatic rings. The van der Waals surface area contributed by atoms with E-state index in [0.717, 1.165) is 11.4 Å². The highest BCUT2D eigenvalue weighted by molar-refractivity contribution is 8.01. The highest BCUT2D eigenvalue weighted by Gasteiger charge is 2.22. The van der Waals surface area contributed by atoms with Crippen LogP contribution >= 0.6 is 11.8 Å². The molecule has 1 unspecified atom stereocenters. The Labute approximate surface area is 164 Å². The van der Waals surface area contributed by atoms with Crippen LogP contribution in [0.25, 0.3) is 0 Å². The number of carbonyl (C=O) groups is 1. The fourth-order valence-electron chi connectivity index (χ4n) is 2.79. The number of thioether (sulfide) groups is 1. The Balaban J connectivity index is 1.73. The third-order valence-corrected chi connectivity index (χ3v) is 5.71. The second-order valence-electron chi connectivity index (χ2n) is 6.20. The molecule has 3 rings (SSSR count). The molecule has 1 atom stereocenters. The van der Waals surface area contributed by atoms with Crippen LogP contribution in [0.15, 0.2) is 84.9 Å². The monoisotopic (exact) mass is 377 g/mol. The van der Waals surface area contributed by atoms with Gasteiger partial charge in [0.05, 0.1) is 17.6 Å². The Morgan fingerprint density at radius 2 is 1.37 bits per heavy atom. The molecular weight excluding hydrogens is 354 g/mol. The van der Waals surface area contributed by atoms with Crippen LogP contribution in [0.2, 0.25) is 0 Å². The smallest absolute Gasteiger partial charge is 0.237 e. The predicted molar refractivity (Wildman–Crippen MR) is 113 cm³/mol. The van der Waals surface area contributed by atoms with Gasteiger partial charge in [-0.05, 0) is 42.3 Å². The van der Waals surface area contributed by atoms with E-state index in [1.807, 2.05) is 67.6 Å². The minimum absolute atomic E-state index is 0.0120. The van der Waals surface area contributed by atoms with Gasteiger partial charge < -0.3 is 10.1 Å². The number of hydrogen-bond donors (Lipinski definition) is 1. The summed E-state index contributed by atoms with van der Waals surface area (Å²) in [5.74, 6) is 0.755. The largest absolute Gasteiger partial charge is 0.497 e. The van der Waals surface area contributed by atoms with E-state index in [4.69, 9.17) is 4.74 Å². The molecule has 0 bridgehead atoms. The Morgan fingerprint density at radius 3 is 1.85 bits per heavy atom. The van der Waals surface area contributed by atoms with Gasteiger partial charge in [-0.1, -0.05) is 60.7 Å². The van der Waals surface area contributed by atoms with E-state index in [-0.39, 0.29) is 16.4 Å². The average Bonchev–Trinajstić information content (AvgIpc) is 2.73. The summed E-state index contributed by atoms with van der Waals surface area (Å²) in [6.07, 6.45) is 0. The first-order valence-corrected chi connectivity index (χ1v) is 9.82. The van der Waals surface area contributed by atoms with Crippen molar-refractivity contribution in [1.29, 1.82) is 0 Å². The van der Waals surface area contributed by atoms with Crippen LogP contribution in [0.5, 0.6) is 5.75 Å². The van der Waals surface area contributed by atoms with E-state index in [1.54, 1.807) is 18.9 Å². The maximum Gasteiger partial charge on any atom is 0.237 e. The molecule has 138 valence electrons. The summed E-state index contributed by atoms with van der Waals surface area (Å²) < 4.78 is 5.16. The van der Waals surface area contributed by atoms with Crippen LogP contribution in [-0.2, 0) is 4.79 Å². The lowest BCUT2D eigenvalue weighted by molar-refractivity contribution is -0.115. The van der Waals surface area contributed by atoms with Crippen LogP contribution < -0.4 is 10.1 Å². The van der Waals surface area contributed by atoms with Gasteiger partial charge in [-0.3, -0.25) is 4.79 Å². The summed E-state index contributed by atoms with van der Waals surface area (Å²) in [7, 11) is 1.62. The zero-order chi connectivity index (χ0) is 19.1. The third-order valence-electron chi connectivity index (χ3n) is 4.27. The summed E-state index contributed by atoms with van der Waals surface area (Å²) in [5, 5.41) is 2.88. The number of methoxy groups -OCH3 is 1. The van der Waals surface area contributed by atoms with Crippen LogP contribution in [0, 0.1) is 0 Å². The van der Waals surface area contributed by atoms with Crippen molar-refractivity contribution in [1.82, 2.24) is 0 Å². The summed E-state index contributed by atoms with van der Waals surface area (Å²) in [5.41, 5.74) is 3.15. The Hall–Kier alpha value is -2.72. The number of anilines is 1. The highest BCUT2D eigenvalue weighted by atomic mass is 32.2. The summed E-state index contributed by atoms with van der Waals surface area (Å²) >= 11 is 1.65. The molecule has 3 aromatic carbocycles. The van der Waals surface area contributed by atoms with Crippen molar-refractivity contribution in [3.8, 4) is 5.75 Å². The van der Waals surface area contributed by atoms with Gasteiger partial charge in [-0.25, -0.2) is 0 Å². The fourth-order valence-corrected chi connectivity index (χ4v) is 4.01. The number of rotatable bonds is 7. The zero-order valence-corrected chi connectivity index (χ0v) is 16.3. The summed E-state index contributed by atoms with van der Waals surface area (Å²) in [6.45, 7) is 1.95. The molecule has 0 saturated carbocycles. The Kier molecular flexibility index (Phi) is 6.55. The second-order valence-corrected chi connectivity index (χ2v) is 7.65. The number of carbonyl (C=O) groups excluding carboxylic acids is 1. The van der Waals surface area contributed by atoms with E-state index in [0.29, 0.717) is 0 Å². The molecule has 0 aliphatic carbocycles. The molecule has 3 nitrogen and oxygen atoms in total. The SMILES string of the molecule is COc1ccc(NC(=O)C(C)SC(c2ccccc2)c2ccccc2)cc1. The number of ether oxygens (including phenoxy) is 1. The molecule has 27 heavy (non-hydrogen) atoms. The number of amides is 1. The van der Waals surface area contributed by atoms with Gasteiger partial charge in [0.1, 0.15) is 5.75 Å². The molecule has 1 N–H and O–H groups in total. The minimum atomic E-state index is -0.211. The molecule has 0 saturated heterocycles. The van der Waals surface area contributed by atoms with E-state index in [2.05, 4.69) is 29.6 Å². The molecule has 4 heteroatoms. The fraction of sp³-hybridized carbons (Fsp3) is 0.174. The van der Waals surface area contributed by atoms with Crippen molar-refractivity contribution in [2.24, 2.45) is 0 Å². The molecular formula is C23H23NO2S. The second kappa shape index (κ2) is 9.28. The van der Waals surface area contributed by atoms with Gasteiger partial charge in [0.15, 0.2) is 0 Å². The number of nitrogens with one attached hydrogen (secondary N) is 1. The summed E-state index contributed by atoms with van der Waals surface area (Å²) in [6, 6.07) is 28.0. The van der Waals surface area contributed by atoms with Crippen LogP contribution in [0.3, 0.4) is 0 Å². The Bertz CT molecular complexity index is 811. The van der Waals surface area contributed by atoms with Crippen LogP contribution in [0.4, 0.5) is 5.69 Å². The lowest BCUT2D eigenvalue weighted by Crippen LogP contribution is -2.23.